The third kappa shape index (κ3) is 4.09. The topological polar surface area (TPSA) is 52.0 Å². The van der Waals surface area contributed by atoms with Crippen LogP contribution in [0.4, 0.5) is 0 Å². The fourth-order valence-electron chi connectivity index (χ4n) is 0.524. The van der Waals surface area contributed by atoms with E-state index in [1.807, 2.05) is 0 Å². The normalized spacial score (nSPS) is 13.9. The van der Waals surface area contributed by atoms with Crippen molar-refractivity contribution < 1.29 is 0 Å². The highest BCUT2D eigenvalue weighted by Crippen LogP contribution is 1.94. The minimum absolute atomic E-state index is 0.191. The summed E-state index contributed by atoms with van der Waals surface area (Å²) < 4.78 is 0. The zero-order valence-electron chi connectivity index (χ0n) is 5.27. The largest absolute Gasteiger partial charge is 0.329 e. The molecule has 0 spiro atoms. The maximum absolute atomic E-state index is 5.51. The maximum Gasteiger partial charge on any atom is 0.0163 e. The highest BCUT2D eigenvalue weighted by atomic mass is 14.7. The molecule has 1 radical (unpaired) electrons. The molecule has 0 aromatic heterocycles. The summed E-state index contributed by atoms with van der Waals surface area (Å²) in [5.41, 5.74) is 10.8. The molecule has 49 valence electrons. The fourth-order valence-corrected chi connectivity index (χ4v) is 0.524. The Labute approximate surface area is 51.2 Å². The highest BCUT2D eigenvalue weighted by Gasteiger charge is 1.95. The maximum atomic E-state index is 5.51. The van der Waals surface area contributed by atoms with Crippen molar-refractivity contribution in [1.82, 2.24) is 0 Å². The Balaban J connectivity index is 2.86. The summed E-state index contributed by atoms with van der Waals surface area (Å²) in [6.07, 6.45) is 3.08. The van der Waals surface area contributed by atoms with Crippen molar-refractivity contribution in [3.63, 3.8) is 0 Å². The molecule has 0 saturated heterocycles. The first-order valence-electron chi connectivity index (χ1n) is 3.06. The quantitative estimate of drug-likeness (QED) is 0.553. The van der Waals surface area contributed by atoms with Crippen LogP contribution in [0.1, 0.15) is 19.3 Å². The molecule has 0 aliphatic rings. The third-order valence-corrected chi connectivity index (χ3v) is 1.13. The molecule has 2 nitrogen and oxygen atoms in total. The van der Waals surface area contributed by atoms with Gasteiger partial charge in [0.15, 0.2) is 0 Å². The van der Waals surface area contributed by atoms with Crippen molar-refractivity contribution in [3.05, 3.63) is 6.92 Å². The summed E-state index contributed by atoms with van der Waals surface area (Å²) >= 11 is 0. The number of hydrogen-bond donors (Lipinski definition) is 2. The summed E-state index contributed by atoms with van der Waals surface area (Å²) in [4.78, 5) is 0. The Morgan fingerprint density at radius 2 is 2.12 bits per heavy atom. The lowest BCUT2D eigenvalue weighted by Gasteiger charge is -2.04. The molecule has 0 amide bonds. The van der Waals surface area contributed by atoms with Crippen LogP contribution in [0, 0.1) is 6.92 Å². The van der Waals surface area contributed by atoms with E-state index in [2.05, 4.69) is 6.92 Å². The van der Waals surface area contributed by atoms with Crippen molar-refractivity contribution in [2.75, 3.05) is 6.54 Å². The van der Waals surface area contributed by atoms with Gasteiger partial charge in [0.2, 0.25) is 0 Å². The van der Waals surface area contributed by atoms with Crippen molar-refractivity contribution in [3.8, 4) is 0 Å². The molecule has 0 aromatic rings. The highest BCUT2D eigenvalue weighted by molar-refractivity contribution is 4.60. The zero-order valence-corrected chi connectivity index (χ0v) is 5.27. The van der Waals surface area contributed by atoms with Crippen LogP contribution in [-0.2, 0) is 0 Å². The molecular weight excluding hydrogens is 100 g/mol. The molecule has 8 heavy (non-hydrogen) atoms. The van der Waals surface area contributed by atoms with E-state index in [0.717, 1.165) is 19.3 Å². The molecule has 0 heterocycles. The van der Waals surface area contributed by atoms with Gasteiger partial charge in [0.25, 0.3) is 0 Å². The van der Waals surface area contributed by atoms with E-state index >= 15 is 0 Å². The summed E-state index contributed by atoms with van der Waals surface area (Å²) in [6.45, 7) is 4.29. The second-order valence-corrected chi connectivity index (χ2v) is 1.99. The van der Waals surface area contributed by atoms with Crippen LogP contribution in [0.3, 0.4) is 0 Å². The monoisotopic (exact) mass is 115 g/mol. The first-order chi connectivity index (χ1) is 3.81. The second-order valence-electron chi connectivity index (χ2n) is 1.99. The standard InChI is InChI=1S/C6H15N2/c1-2-3-4-6(8)5-7/h6H,1-5,7-8H2. The number of hydrogen-bond acceptors (Lipinski definition) is 2. The van der Waals surface area contributed by atoms with E-state index in [9.17, 15) is 0 Å². The van der Waals surface area contributed by atoms with E-state index in [1.54, 1.807) is 0 Å². The Morgan fingerprint density at radius 1 is 1.50 bits per heavy atom. The summed E-state index contributed by atoms with van der Waals surface area (Å²) in [5, 5.41) is 0. The molecule has 2 heteroatoms. The van der Waals surface area contributed by atoms with Crippen LogP contribution in [0.5, 0.6) is 0 Å². The minimum Gasteiger partial charge on any atom is -0.329 e. The molecule has 0 bridgehead atoms. The van der Waals surface area contributed by atoms with Gasteiger partial charge in [0.1, 0.15) is 0 Å². The van der Waals surface area contributed by atoms with Crippen molar-refractivity contribution in [1.29, 1.82) is 0 Å². The van der Waals surface area contributed by atoms with Crippen LogP contribution in [0.15, 0.2) is 0 Å². The van der Waals surface area contributed by atoms with Crippen LogP contribution in [0.2, 0.25) is 0 Å². The van der Waals surface area contributed by atoms with E-state index in [-0.39, 0.29) is 6.04 Å². The molecule has 0 saturated carbocycles. The lowest BCUT2D eigenvalue weighted by atomic mass is 10.1. The second kappa shape index (κ2) is 5.06. The average molecular weight is 115 g/mol. The van der Waals surface area contributed by atoms with Crippen molar-refractivity contribution in [2.24, 2.45) is 11.5 Å². The van der Waals surface area contributed by atoms with Gasteiger partial charge in [-0.2, -0.15) is 0 Å². The predicted octanol–water partition coefficient (Wildman–Crippen LogP) is 0.277. The van der Waals surface area contributed by atoms with Gasteiger partial charge in [0.05, 0.1) is 0 Å². The van der Waals surface area contributed by atoms with Gasteiger partial charge in [-0.3, -0.25) is 0 Å². The number of rotatable bonds is 4. The molecule has 0 fully saturated rings. The number of unbranched alkanes of at least 4 members (excludes halogenated alkanes) is 1. The zero-order chi connectivity index (χ0) is 6.41. The lowest BCUT2D eigenvalue weighted by molar-refractivity contribution is 0.594. The van der Waals surface area contributed by atoms with Gasteiger partial charge in [-0.25, -0.2) is 0 Å². The van der Waals surface area contributed by atoms with Gasteiger partial charge in [-0.15, -0.1) is 0 Å². The molecular formula is C6H15N2. The van der Waals surface area contributed by atoms with Crippen LogP contribution in [-0.4, -0.2) is 12.6 Å². The van der Waals surface area contributed by atoms with E-state index in [4.69, 9.17) is 11.5 Å². The summed E-state index contributed by atoms with van der Waals surface area (Å²) in [5.74, 6) is 0. The van der Waals surface area contributed by atoms with Gasteiger partial charge in [0, 0.05) is 12.6 Å². The molecule has 4 N–H and O–H groups in total. The molecule has 0 aliphatic carbocycles. The van der Waals surface area contributed by atoms with E-state index in [1.165, 1.54) is 0 Å². The first-order valence-corrected chi connectivity index (χ1v) is 3.06. The van der Waals surface area contributed by atoms with Crippen molar-refractivity contribution in [2.45, 2.75) is 25.3 Å². The van der Waals surface area contributed by atoms with Gasteiger partial charge < -0.3 is 11.5 Å². The minimum atomic E-state index is 0.191. The van der Waals surface area contributed by atoms with Crippen LogP contribution in [0.25, 0.3) is 0 Å². The first kappa shape index (κ1) is 7.92. The van der Waals surface area contributed by atoms with Gasteiger partial charge >= 0.3 is 0 Å². The summed E-state index contributed by atoms with van der Waals surface area (Å²) in [7, 11) is 0. The van der Waals surface area contributed by atoms with Gasteiger partial charge in [-0.1, -0.05) is 19.8 Å². The smallest absolute Gasteiger partial charge is 0.0163 e. The Morgan fingerprint density at radius 3 is 2.50 bits per heavy atom. The molecule has 1 atom stereocenters. The SMILES string of the molecule is [CH2]CCCC(N)CN. The predicted molar refractivity (Wildman–Crippen MR) is 36.2 cm³/mol. The van der Waals surface area contributed by atoms with Crippen LogP contribution >= 0.6 is 0 Å². The van der Waals surface area contributed by atoms with Crippen molar-refractivity contribution >= 4 is 0 Å². The van der Waals surface area contributed by atoms with Crippen LogP contribution < -0.4 is 11.5 Å². The Hall–Kier alpha value is -0.0800. The lowest BCUT2D eigenvalue weighted by Crippen LogP contribution is -2.29. The Kier molecular flexibility index (Phi) is 5.01. The Bertz CT molecular complexity index is 45.8. The van der Waals surface area contributed by atoms with E-state index < -0.39 is 0 Å². The molecule has 1 unspecified atom stereocenters. The molecule has 0 aliphatic heterocycles. The third-order valence-electron chi connectivity index (χ3n) is 1.13. The fraction of sp³-hybridized carbons (Fsp3) is 0.833. The number of nitrogens with two attached hydrogens (primary N) is 2. The van der Waals surface area contributed by atoms with E-state index in [0.29, 0.717) is 6.54 Å². The van der Waals surface area contributed by atoms with Gasteiger partial charge in [-0.05, 0) is 6.42 Å². The average Bonchev–Trinajstić information content (AvgIpc) is 1.83. The summed E-state index contributed by atoms with van der Waals surface area (Å²) in [6, 6.07) is 0.191. The molecule has 0 rings (SSSR count). The molecule has 0 aromatic carbocycles.